The highest BCUT2D eigenvalue weighted by molar-refractivity contribution is 6.31. The van der Waals surface area contributed by atoms with Gasteiger partial charge in [0.25, 0.3) is 5.69 Å². The van der Waals surface area contributed by atoms with E-state index in [2.05, 4.69) is 10.6 Å². The second-order valence-corrected chi connectivity index (χ2v) is 5.28. The molecule has 2 N–H and O–H groups in total. The van der Waals surface area contributed by atoms with E-state index >= 15 is 0 Å². The van der Waals surface area contributed by atoms with Gasteiger partial charge in [-0.05, 0) is 37.9 Å². The number of benzene rings is 1. The lowest BCUT2D eigenvalue weighted by atomic mass is 9.93. The molecule has 1 fully saturated rings. The van der Waals surface area contributed by atoms with Gasteiger partial charge in [0.15, 0.2) is 0 Å². The Bertz CT molecular complexity index is 542. The van der Waals surface area contributed by atoms with Crippen molar-refractivity contribution in [2.45, 2.75) is 31.7 Å². The normalized spacial score (nSPS) is 21.7. The van der Waals surface area contributed by atoms with Crippen molar-refractivity contribution in [3.8, 4) is 0 Å². The summed E-state index contributed by atoms with van der Waals surface area (Å²) in [6.07, 6.45) is 2.27. The number of nitro groups is 1. The van der Waals surface area contributed by atoms with Crippen LogP contribution in [-0.4, -0.2) is 22.9 Å². The summed E-state index contributed by atoms with van der Waals surface area (Å²) in [5, 5.41) is 17.2. The summed E-state index contributed by atoms with van der Waals surface area (Å²) in [6, 6.07) is 4.12. The molecule has 1 heterocycles. The number of rotatable bonds is 4. The molecular formula is C13H16ClN3O3. The maximum atomic E-state index is 12.4. The maximum absolute atomic E-state index is 12.4. The van der Waals surface area contributed by atoms with Crippen LogP contribution in [0.4, 0.5) is 11.4 Å². The number of carbonyl (C=O) groups excluding carboxylic acids is 1. The molecule has 1 aliphatic heterocycles. The maximum Gasteiger partial charge on any atom is 0.292 e. The number of nitrogens with zero attached hydrogens (tertiary/aromatic N) is 1. The summed E-state index contributed by atoms with van der Waals surface area (Å²) in [5.74, 6) is -0.247. The molecule has 1 unspecified atom stereocenters. The largest absolute Gasteiger partial charge is 0.319 e. The second kappa shape index (κ2) is 5.76. The molecule has 1 amide bonds. The van der Waals surface area contributed by atoms with Crippen LogP contribution in [-0.2, 0) is 4.79 Å². The molecule has 1 aromatic rings. The standard InChI is InChI=1S/C13H16ClN3O3/c1-2-13(6-3-7-15-13)12(18)16-10-8-9(14)4-5-11(10)17(19)20/h4-5,8,15H,2-3,6-7H2,1H3,(H,16,18). The monoisotopic (exact) mass is 297 g/mol. The van der Waals surface area contributed by atoms with E-state index < -0.39 is 10.5 Å². The van der Waals surface area contributed by atoms with Crippen LogP contribution in [0.2, 0.25) is 5.02 Å². The third kappa shape index (κ3) is 2.76. The topological polar surface area (TPSA) is 84.3 Å². The molecule has 2 rings (SSSR count). The van der Waals surface area contributed by atoms with E-state index in [1.807, 2.05) is 6.92 Å². The molecule has 1 atom stereocenters. The first kappa shape index (κ1) is 14.7. The quantitative estimate of drug-likeness (QED) is 0.661. The fraction of sp³-hybridized carbons (Fsp3) is 0.462. The first-order valence-electron chi connectivity index (χ1n) is 6.49. The SMILES string of the molecule is CCC1(C(=O)Nc2cc(Cl)ccc2[N+](=O)[O-])CCCN1. The molecule has 0 aromatic heterocycles. The zero-order valence-corrected chi connectivity index (χ0v) is 11.9. The average Bonchev–Trinajstić information content (AvgIpc) is 2.88. The van der Waals surface area contributed by atoms with Gasteiger partial charge in [0.05, 0.1) is 10.5 Å². The molecule has 0 spiro atoms. The van der Waals surface area contributed by atoms with E-state index in [9.17, 15) is 14.9 Å². The molecule has 0 radical (unpaired) electrons. The van der Waals surface area contributed by atoms with Crippen LogP contribution in [0.25, 0.3) is 0 Å². The van der Waals surface area contributed by atoms with Crippen molar-refractivity contribution < 1.29 is 9.72 Å². The number of carbonyl (C=O) groups is 1. The van der Waals surface area contributed by atoms with Crippen LogP contribution >= 0.6 is 11.6 Å². The predicted molar refractivity (Wildman–Crippen MR) is 77.0 cm³/mol. The Kier molecular flexibility index (Phi) is 4.25. The fourth-order valence-electron chi connectivity index (χ4n) is 2.47. The molecule has 108 valence electrons. The Morgan fingerprint density at radius 2 is 2.35 bits per heavy atom. The smallest absolute Gasteiger partial charge is 0.292 e. The Hall–Kier alpha value is -1.66. The Morgan fingerprint density at radius 3 is 2.90 bits per heavy atom. The van der Waals surface area contributed by atoms with E-state index in [1.54, 1.807) is 0 Å². The summed E-state index contributed by atoms with van der Waals surface area (Å²) < 4.78 is 0. The molecule has 1 aliphatic rings. The van der Waals surface area contributed by atoms with Gasteiger partial charge in [0.2, 0.25) is 5.91 Å². The first-order chi connectivity index (χ1) is 9.48. The Labute approximate surface area is 121 Å². The average molecular weight is 298 g/mol. The zero-order chi connectivity index (χ0) is 14.8. The minimum Gasteiger partial charge on any atom is -0.319 e. The van der Waals surface area contributed by atoms with E-state index in [4.69, 9.17) is 11.6 Å². The van der Waals surface area contributed by atoms with Crippen molar-refractivity contribution in [3.05, 3.63) is 33.3 Å². The zero-order valence-electron chi connectivity index (χ0n) is 11.1. The van der Waals surface area contributed by atoms with Crippen molar-refractivity contribution in [1.82, 2.24) is 5.32 Å². The van der Waals surface area contributed by atoms with Gasteiger partial charge in [-0.1, -0.05) is 18.5 Å². The highest BCUT2D eigenvalue weighted by atomic mass is 35.5. The third-order valence-corrected chi connectivity index (χ3v) is 3.92. The van der Waals surface area contributed by atoms with Crippen molar-refractivity contribution in [2.75, 3.05) is 11.9 Å². The second-order valence-electron chi connectivity index (χ2n) is 4.84. The van der Waals surface area contributed by atoms with E-state index in [0.717, 1.165) is 19.4 Å². The molecule has 1 saturated heterocycles. The molecule has 0 bridgehead atoms. The van der Waals surface area contributed by atoms with Gasteiger partial charge in [0, 0.05) is 11.1 Å². The van der Waals surface area contributed by atoms with Gasteiger partial charge >= 0.3 is 0 Å². The minimum atomic E-state index is -0.643. The van der Waals surface area contributed by atoms with Crippen molar-refractivity contribution in [1.29, 1.82) is 0 Å². The van der Waals surface area contributed by atoms with Crippen LogP contribution in [0.3, 0.4) is 0 Å². The van der Waals surface area contributed by atoms with Crippen molar-refractivity contribution >= 4 is 28.9 Å². The molecule has 1 aromatic carbocycles. The highest BCUT2D eigenvalue weighted by Gasteiger charge is 2.39. The lowest BCUT2D eigenvalue weighted by Gasteiger charge is -2.26. The van der Waals surface area contributed by atoms with Crippen molar-refractivity contribution in [2.24, 2.45) is 0 Å². The van der Waals surface area contributed by atoms with Gasteiger partial charge < -0.3 is 10.6 Å². The Morgan fingerprint density at radius 1 is 1.60 bits per heavy atom. The predicted octanol–water partition coefficient (Wildman–Crippen LogP) is 2.72. The van der Waals surface area contributed by atoms with Crippen LogP contribution < -0.4 is 10.6 Å². The molecule has 20 heavy (non-hydrogen) atoms. The van der Waals surface area contributed by atoms with E-state index in [0.29, 0.717) is 11.4 Å². The number of nitrogens with one attached hydrogen (secondary N) is 2. The summed E-state index contributed by atoms with van der Waals surface area (Å²) in [7, 11) is 0. The number of nitro benzene ring substituents is 1. The summed E-state index contributed by atoms with van der Waals surface area (Å²) in [6.45, 7) is 2.70. The number of amides is 1. The number of hydrogen-bond donors (Lipinski definition) is 2. The lowest BCUT2D eigenvalue weighted by Crippen LogP contribution is -2.50. The molecule has 7 heteroatoms. The van der Waals surface area contributed by atoms with Gasteiger partial charge in [-0.3, -0.25) is 14.9 Å². The highest BCUT2D eigenvalue weighted by Crippen LogP contribution is 2.30. The van der Waals surface area contributed by atoms with Gasteiger partial charge in [-0.15, -0.1) is 0 Å². The van der Waals surface area contributed by atoms with Gasteiger partial charge in [-0.25, -0.2) is 0 Å². The number of hydrogen-bond acceptors (Lipinski definition) is 4. The molecule has 6 nitrogen and oxygen atoms in total. The van der Waals surface area contributed by atoms with Crippen LogP contribution in [0.5, 0.6) is 0 Å². The minimum absolute atomic E-state index is 0.133. The van der Waals surface area contributed by atoms with Crippen molar-refractivity contribution in [3.63, 3.8) is 0 Å². The summed E-state index contributed by atoms with van der Waals surface area (Å²) in [5.41, 5.74) is -0.670. The summed E-state index contributed by atoms with van der Waals surface area (Å²) in [4.78, 5) is 22.9. The van der Waals surface area contributed by atoms with E-state index in [-0.39, 0.29) is 17.3 Å². The first-order valence-corrected chi connectivity index (χ1v) is 6.87. The van der Waals surface area contributed by atoms with Crippen LogP contribution in [0.15, 0.2) is 18.2 Å². The molecular weight excluding hydrogens is 282 g/mol. The lowest BCUT2D eigenvalue weighted by molar-refractivity contribution is -0.383. The molecule has 0 aliphatic carbocycles. The third-order valence-electron chi connectivity index (χ3n) is 3.69. The van der Waals surface area contributed by atoms with E-state index in [1.165, 1.54) is 18.2 Å². The number of halogens is 1. The van der Waals surface area contributed by atoms with Gasteiger partial charge in [0.1, 0.15) is 5.69 Å². The summed E-state index contributed by atoms with van der Waals surface area (Å²) >= 11 is 5.84. The molecule has 0 saturated carbocycles. The number of anilines is 1. The Balaban J connectivity index is 2.27. The van der Waals surface area contributed by atoms with Gasteiger partial charge in [-0.2, -0.15) is 0 Å². The fourth-order valence-corrected chi connectivity index (χ4v) is 2.64. The van der Waals surface area contributed by atoms with Crippen LogP contribution in [0.1, 0.15) is 26.2 Å². The van der Waals surface area contributed by atoms with Crippen LogP contribution in [0, 0.1) is 10.1 Å².